The Morgan fingerprint density at radius 3 is 3.00 bits per heavy atom. The van der Waals surface area contributed by atoms with Crippen molar-refractivity contribution >= 4 is 28.6 Å². The molecule has 1 aromatic heterocycles. The van der Waals surface area contributed by atoms with Crippen LogP contribution >= 0.6 is 22.9 Å². The molecule has 1 nitrogen and oxygen atoms in total. The lowest BCUT2D eigenvalue weighted by Gasteiger charge is -2.11. The molecule has 0 radical (unpaired) electrons. The first kappa shape index (κ1) is 6.90. The smallest absolute Gasteiger partial charge is 0.0925 e. The molecule has 1 heterocycles. The Hall–Kier alpha value is -0.210. The number of nitrogens with zero attached hydrogens (tertiary/aromatic N) is 1. The van der Waals surface area contributed by atoms with E-state index in [2.05, 4.69) is 5.38 Å². The lowest BCUT2D eigenvalue weighted by molar-refractivity contribution is 1.10. The van der Waals surface area contributed by atoms with Crippen molar-refractivity contribution < 1.29 is 0 Å². The van der Waals surface area contributed by atoms with Gasteiger partial charge in [-0.05, 0) is 11.4 Å². The van der Waals surface area contributed by atoms with E-state index >= 15 is 0 Å². The molecule has 0 saturated heterocycles. The molecule has 0 fully saturated rings. The van der Waals surface area contributed by atoms with Gasteiger partial charge in [0.15, 0.2) is 0 Å². The molecule has 0 bridgehead atoms. The van der Waals surface area contributed by atoms with Gasteiger partial charge in [0.05, 0.1) is 6.00 Å². The lowest BCUT2D eigenvalue weighted by atomic mass is 10.5. The van der Waals surface area contributed by atoms with E-state index in [0.717, 1.165) is 0 Å². The van der Waals surface area contributed by atoms with E-state index in [4.69, 9.17) is 11.6 Å². The molecular weight excluding hydrogens is 154 g/mol. The van der Waals surface area contributed by atoms with Crippen molar-refractivity contribution in [3.8, 4) is 0 Å². The molecule has 0 aliphatic rings. The molecule has 0 aromatic carbocycles. The summed E-state index contributed by atoms with van der Waals surface area (Å²) >= 11 is 7.26. The van der Waals surface area contributed by atoms with Crippen molar-refractivity contribution in [3.63, 3.8) is 0 Å². The van der Waals surface area contributed by atoms with Crippen LogP contribution in [-0.2, 0) is 0 Å². The maximum absolute atomic E-state index is 5.57. The van der Waals surface area contributed by atoms with Gasteiger partial charge in [-0.15, -0.1) is 11.6 Å². The average molecular weight is 162 g/mol. The Kier molecular flexibility index (Phi) is 2.37. The van der Waals surface area contributed by atoms with Crippen molar-refractivity contribution in [2.24, 2.45) is 0 Å². The van der Waals surface area contributed by atoms with Crippen LogP contribution in [-0.4, -0.2) is 13.1 Å². The zero-order chi connectivity index (χ0) is 6.69. The van der Waals surface area contributed by atoms with Crippen LogP contribution in [0.4, 0.5) is 5.69 Å². The van der Waals surface area contributed by atoms with Crippen molar-refractivity contribution in [1.29, 1.82) is 0 Å². The van der Waals surface area contributed by atoms with Crippen LogP contribution in [0.5, 0.6) is 0 Å². The summed E-state index contributed by atoms with van der Waals surface area (Å²) in [6, 6.07) is 2.60. The van der Waals surface area contributed by atoms with Gasteiger partial charge in [0, 0.05) is 18.1 Å². The van der Waals surface area contributed by atoms with Gasteiger partial charge in [-0.3, -0.25) is 0 Å². The fourth-order valence-corrected chi connectivity index (χ4v) is 1.38. The van der Waals surface area contributed by atoms with Gasteiger partial charge in [-0.1, -0.05) is 0 Å². The normalized spacial score (nSPS) is 9.56. The largest absolute Gasteiger partial charge is 0.360 e. The van der Waals surface area contributed by atoms with Gasteiger partial charge >= 0.3 is 0 Å². The maximum atomic E-state index is 5.57. The molecule has 1 aromatic rings. The molecule has 9 heavy (non-hydrogen) atoms. The van der Waals surface area contributed by atoms with Crippen molar-refractivity contribution in [1.82, 2.24) is 0 Å². The lowest BCUT2D eigenvalue weighted by Crippen LogP contribution is -2.12. The average Bonchev–Trinajstić information content (AvgIpc) is 2.37. The summed E-state index contributed by atoms with van der Waals surface area (Å²) in [5.74, 6) is 0. The second kappa shape index (κ2) is 3.08. The van der Waals surface area contributed by atoms with Crippen LogP contribution in [0.3, 0.4) is 0 Å². The summed E-state index contributed by atoms with van der Waals surface area (Å²) in [7, 11) is 1.97. The summed E-state index contributed by atoms with van der Waals surface area (Å²) < 4.78 is 0. The number of hydrogen-bond acceptors (Lipinski definition) is 2. The molecule has 0 spiro atoms. The highest BCUT2D eigenvalue weighted by molar-refractivity contribution is 7.08. The third-order valence-electron chi connectivity index (χ3n) is 1.13. The molecule has 0 unspecified atom stereocenters. The Morgan fingerprint density at radius 1 is 1.78 bits per heavy atom. The van der Waals surface area contributed by atoms with Crippen molar-refractivity contribution in [2.75, 3.05) is 18.0 Å². The maximum Gasteiger partial charge on any atom is 0.0925 e. The third kappa shape index (κ3) is 1.60. The first-order valence-electron chi connectivity index (χ1n) is 2.64. The number of alkyl halides is 1. The number of halogens is 1. The van der Waals surface area contributed by atoms with Gasteiger partial charge in [-0.25, -0.2) is 0 Å². The van der Waals surface area contributed by atoms with E-state index in [1.54, 1.807) is 11.3 Å². The molecule has 0 N–H and O–H groups in total. The monoisotopic (exact) mass is 161 g/mol. The molecule has 0 aliphatic heterocycles. The highest BCUT2D eigenvalue weighted by Crippen LogP contribution is 2.16. The summed E-state index contributed by atoms with van der Waals surface area (Å²) in [5, 5.41) is 4.11. The molecule has 0 atom stereocenters. The van der Waals surface area contributed by atoms with E-state index in [0.29, 0.717) is 6.00 Å². The Bertz CT molecular complexity index is 162. The van der Waals surface area contributed by atoms with E-state index in [-0.39, 0.29) is 0 Å². The van der Waals surface area contributed by atoms with E-state index in [9.17, 15) is 0 Å². The topological polar surface area (TPSA) is 3.24 Å². The first-order chi connectivity index (χ1) is 4.34. The van der Waals surface area contributed by atoms with Gasteiger partial charge in [0.1, 0.15) is 0 Å². The van der Waals surface area contributed by atoms with Crippen LogP contribution in [0.2, 0.25) is 0 Å². The van der Waals surface area contributed by atoms with Gasteiger partial charge in [0.25, 0.3) is 0 Å². The molecule has 50 valence electrons. The zero-order valence-corrected chi connectivity index (χ0v) is 6.75. The Labute approximate surface area is 63.9 Å². The van der Waals surface area contributed by atoms with Crippen LogP contribution in [0, 0.1) is 0 Å². The molecule has 1 rings (SSSR count). The summed E-state index contributed by atoms with van der Waals surface area (Å²) in [6.45, 7) is 0. The minimum Gasteiger partial charge on any atom is -0.360 e. The molecule has 0 saturated carbocycles. The second-order valence-corrected chi connectivity index (χ2v) is 2.82. The number of hydrogen-bond donors (Lipinski definition) is 0. The number of anilines is 1. The van der Waals surface area contributed by atoms with Gasteiger partial charge < -0.3 is 4.90 Å². The predicted molar refractivity (Wildman–Crippen MR) is 43.4 cm³/mol. The van der Waals surface area contributed by atoms with Crippen LogP contribution in [0.15, 0.2) is 16.8 Å². The quantitative estimate of drug-likeness (QED) is 0.476. The summed E-state index contributed by atoms with van der Waals surface area (Å²) in [6.07, 6.45) is 0. The SMILES string of the molecule is CN(CCl)c1ccsc1. The minimum atomic E-state index is 0.552. The first-order valence-corrected chi connectivity index (χ1v) is 4.11. The number of thiophene rings is 1. The van der Waals surface area contributed by atoms with E-state index < -0.39 is 0 Å². The summed E-state index contributed by atoms with van der Waals surface area (Å²) in [5.41, 5.74) is 1.19. The molecule has 0 amide bonds. The van der Waals surface area contributed by atoms with E-state index in [1.807, 2.05) is 23.4 Å². The second-order valence-electron chi connectivity index (χ2n) is 1.80. The zero-order valence-electron chi connectivity index (χ0n) is 5.17. The third-order valence-corrected chi connectivity index (χ3v) is 2.16. The van der Waals surface area contributed by atoms with Crippen LogP contribution in [0.25, 0.3) is 0 Å². The fraction of sp³-hybridized carbons (Fsp3) is 0.333. The molecule has 0 aliphatic carbocycles. The summed E-state index contributed by atoms with van der Waals surface area (Å²) in [4.78, 5) is 1.98. The molecule has 3 heteroatoms. The highest BCUT2D eigenvalue weighted by Gasteiger charge is 1.95. The Balaban J connectivity index is 2.65. The van der Waals surface area contributed by atoms with Gasteiger partial charge in [-0.2, -0.15) is 11.3 Å². The fourth-order valence-electron chi connectivity index (χ4n) is 0.543. The standard InChI is InChI=1S/C6H8ClNS/c1-8(5-7)6-2-3-9-4-6/h2-4H,5H2,1H3. The van der Waals surface area contributed by atoms with Gasteiger partial charge in [0.2, 0.25) is 0 Å². The number of rotatable bonds is 2. The van der Waals surface area contributed by atoms with Crippen molar-refractivity contribution in [2.45, 2.75) is 0 Å². The van der Waals surface area contributed by atoms with Crippen molar-refractivity contribution in [3.05, 3.63) is 16.8 Å². The minimum absolute atomic E-state index is 0.552. The predicted octanol–water partition coefficient (Wildman–Crippen LogP) is 2.38. The Morgan fingerprint density at radius 2 is 2.56 bits per heavy atom. The van der Waals surface area contributed by atoms with E-state index in [1.165, 1.54) is 5.69 Å². The van der Waals surface area contributed by atoms with Crippen LogP contribution < -0.4 is 4.90 Å². The van der Waals surface area contributed by atoms with Crippen LogP contribution in [0.1, 0.15) is 0 Å². The highest BCUT2D eigenvalue weighted by atomic mass is 35.5. The molecular formula is C6H8ClNS.